The van der Waals surface area contributed by atoms with E-state index in [1.807, 2.05) is 37.9 Å². The Morgan fingerprint density at radius 2 is 2.06 bits per heavy atom. The Morgan fingerprint density at radius 1 is 1.27 bits per heavy atom. The van der Waals surface area contributed by atoms with Crippen molar-refractivity contribution in [2.75, 3.05) is 27.3 Å². The number of hydrogen-bond donors (Lipinski definition) is 1. The van der Waals surface area contributed by atoms with E-state index < -0.39 is 11.7 Å². The highest BCUT2D eigenvalue weighted by Gasteiger charge is 2.30. The number of hydrogen-bond acceptors (Lipinski definition) is 5. The number of rotatable bonds is 9. The number of aromatic nitrogens is 2. The van der Waals surface area contributed by atoms with Gasteiger partial charge in [0.2, 0.25) is 0 Å². The molecule has 10 heteroatoms. The van der Waals surface area contributed by atoms with Crippen LogP contribution in [-0.2, 0) is 11.0 Å². The predicted octanol–water partition coefficient (Wildman–Crippen LogP) is 5.00. The summed E-state index contributed by atoms with van der Waals surface area (Å²) < 4.78 is 46.0. The van der Waals surface area contributed by atoms with Crippen LogP contribution in [0.4, 0.5) is 18.9 Å². The first-order chi connectivity index (χ1) is 15.7. The number of halogens is 3. The molecular formula is C23H26F3N5O2. The fourth-order valence-corrected chi connectivity index (χ4v) is 2.97. The van der Waals surface area contributed by atoms with Gasteiger partial charge in [0.1, 0.15) is 12.4 Å². The van der Waals surface area contributed by atoms with Crippen LogP contribution in [0.3, 0.4) is 0 Å². The molecule has 1 N–H and O–H groups in total. The van der Waals surface area contributed by atoms with Crippen LogP contribution in [0, 0.1) is 6.92 Å². The summed E-state index contributed by atoms with van der Waals surface area (Å²) in [5, 5.41) is 5.28. The molecule has 0 bridgehead atoms. The number of aliphatic imine (C=N–C) groups is 1. The third-order valence-corrected chi connectivity index (χ3v) is 4.87. The first-order valence-corrected chi connectivity index (χ1v) is 10.2. The molecule has 3 aromatic rings. The number of aryl methyl sites for hydroxylation is 1. The lowest BCUT2D eigenvalue weighted by molar-refractivity contribution is -0.137. The van der Waals surface area contributed by atoms with Gasteiger partial charge in [-0.2, -0.15) is 18.3 Å². The summed E-state index contributed by atoms with van der Waals surface area (Å²) in [6.45, 7) is 4.80. The molecule has 2 aromatic carbocycles. The van der Waals surface area contributed by atoms with Crippen molar-refractivity contribution in [1.82, 2.24) is 20.2 Å². The molecule has 0 amide bonds. The minimum absolute atomic E-state index is 0.0543. The van der Waals surface area contributed by atoms with Crippen molar-refractivity contribution in [2.24, 2.45) is 4.99 Å². The van der Waals surface area contributed by atoms with E-state index in [2.05, 4.69) is 15.6 Å². The molecule has 1 heterocycles. The van der Waals surface area contributed by atoms with Crippen molar-refractivity contribution in [2.45, 2.75) is 20.0 Å². The molecule has 176 valence electrons. The van der Waals surface area contributed by atoms with Crippen LogP contribution in [0.15, 0.2) is 53.3 Å². The molecule has 0 radical (unpaired) electrons. The van der Waals surface area contributed by atoms with Crippen molar-refractivity contribution in [3.63, 3.8) is 0 Å². The van der Waals surface area contributed by atoms with Gasteiger partial charge in [0, 0.05) is 19.0 Å². The van der Waals surface area contributed by atoms with Crippen molar-refractivity contribution in [3.05, 3.63) is 59.4 Å². The summed E-state index contributed by atoms with van der Waals surface area (Å²) in [5.74, 6) is 0.0920. The van der Waals surface area contributed by atoms with E-state index in [9.17, 15) is 13.2 Å². The van der Waals surface area contributed by atoms with Gasteiger partial charge in [-0.15, -0.1) is 0 Å². The number of fused-ring (bicyclic) bond motifs is 1. The van der Waals surface area contributed by atoms with Crippen LogP contribution in [-0.4, -0.2) is 48.3 Å². The summed E-state index contributed by atoms with van der Waals surface area (Å²) >= 11 is 0. The highest BCUT2D eigenvalue weighted by atomic mass is 19.4. The molecular weight excluding hydrogens is 435 g/mol. The zero-order chi connectivity index (χ0) is 24.0. The van der Waals surface area contributed by atoms with E-state index in [0.717, 1.165) is 40.8 Å². The van der Waals surface area contributed by atoms with Crippen molar-refractivity contribution in [1.29, 1.82) is 0 Å². The van der Waals surface area contributed by atoms with Crippen molar-refractivity contribution in [3.8, 4) is 5.75 Å². The summed E-state index contributed by atoms with van der Waals surface area (Å²) in [7, 11) is 3.38. The molecule has 0 aliphatic rings. The average molecular weight is 461 g/mol. The molecule has 33 heavy (non-hydrogen) atoms. The fourth-order valence-electron chi connectivity index (χ4n) is 2.97. The maximum atomic E-state index is 12.9. The second-order valence-corrected chi connectivity index (χ2v) is 7.38. The number of alkyl halides is 3. The van der Waals surface area contributed by atoms with Gasteiger partial charge in [-0.3, -0.25) is 10.3 Å². The summed E-state index contributed by atoms with van der Waals surface area (Å²) in [6.07, 6.45) is 0.715. The smallest absolute Gasteiger partial charge is 0.416 e. The molecule has 0 atom stereocenters. The third kappa shape index (κ3) is 6.26. The summed E-state index contributed by atoms with van der Waals surface area (Å²) in [4.78, 5) is 11.5. The maximum Gasteiger partial charge on any atom is 0.416 e. The maximum absolute atomic E-state index is 12.9. The number of hydroxylamine groups is 1. The van der Waals surface area contributed by atoms with E-state index in [-0.39, 0.29) is 12.4 Å². The Hall–Kier alpha value is -3.53. The first kappa shape index (κ1) is 24.1. The average Bonchev–Trinajstić information content (AvgIpc) is 3.16. The minimum Gasteiger partial charge on any atom is -0.487 e. The molecule has 0 aliphatic heterocycles. The molecule has 3 rings (SSSR count). The number of ether oxygens (including phenoxy) is 1. The standard InChI is InChI=1S/C23H26F3N5O2/c1-5-30(3)15-27-21-10-17-12-28-31(22(17)9-16(21)2)13-19(29-32-4)14-33-20-8-6-7-18(11-20)23(24,25)26/h6-13,15,29H,5,14H2,1-4H3. The van der Waals surface area contributed by atoms with Gasteiger partial charge in [-0.25, -0.2) is 9.67 Å². The quantitative estimate of drug-likeness (QED) is 0.276. The lowest BCUT2D eigenvalue weighted by Crippen LogP contribution is -2.18. The first-order valence-electron chi connectivity index (χ1n) is 10.2. The third-order valence-electron chi connectivity index (χ3n) is 4.87. The Balaban J connectivity index is 1.83. The van der Waals surface area contributed by atoms with Gasteiger partial charge in [-0.1, -0.05) is 6.07 Å². The SMILES string of the molecule is CCN(C)C=Nc1cc2cnn(C=C(COc3cccc(C(F)(F)F)c3)NOC)c2cc1C. The topological polar surface area (TPSA) is 63.9 Å². The van der Waals surface area contributed by atoms with Crippen LogP contribution < -0.4 is 10.2 Å². The van der Waals surface area contributed by atoms with Crippen LogP contribution in [0.2, 0.25) is 0 Å². The monoisotopic (exact) mass is 461 g/mol. The van der Waals surface area contributed by atoms with Crippen molar-refractivity contribution >= 4 is 29.1 Å². The normalized spacial score (nSPS) is 12.5. The molecule has 0 fully saturated rings. The molecule has 0 aliphatic carbocycles. The Morgan fingerprint density at radius 3 is 2.76 bits per heavy atom. The van der Waals surface area contributed by atoms with Gasteiger partial charge in [0.05, 0.1) is 48.3 Å². The lowest BCUT2D eigenvalue weighted by Gasteiger charge is -2.13. The van der Waals surface area contributed by atoms with Crippen molar-refractivity contribution < 1.29 is 22.7 Å². The highest BCUT2D eigenvalue weighted by Crippen LogP contribution is 2.31. The highest BCUT2D eigenvalue weighted by molar-refractivity contribution is 5.85. The summed E-state index contributed by atoms with van der Waals surface area (Å²) in [6, 6.07) is 8.63. The Bertz CT molecular complexity index is 1150. The second-order valence-electron chi connectivity index (χ2n) is 7.38. The summed E-state index contributed by atoms with van der Waals surface area (Å²) in [5.41, 5.74) is 5.03. The molecule has 0 saturated heterocycles. The van der Waals surface area contributed by atoms with E-state index in [1.54, 1.807) is 23.4 Å². The number of nitrogens with one attached hydrogen (secondary N) is 1. The fraction of sp³-hybridized carbons (Fsp3) is 0.304. The zero-order valence-electron chi connectivity index (χ0n) is 18.8. The van der Waals surface area contributed by atoms with Gasteiger partial charge in [0.25, 0.3) is 0 Å². The molecule has 1 aromatic heterocycles. The van der Waals surface area contributed by atoms with E-state index >= 15 is 0 Å². The van der Waals surface area contributed by atoms with Gasteiger partial charge < -0.3 is 9.64 Å². The largest absolute Gasteiger partial charge is 0.487 e. The van der Waals surface area contributed by atoms with Crippen LogP contribution in [0.1, 0.15) is 18.1 Å². The lowest BCUT2D eigenvalue weighted by atomic mass is 10.1. The van der Waals surface area contributed by atoms with E-state index in [1.165, 1.54) is 19.2 Å². The second kappa shape index (κ2) is 10.4. The van der Waals surface area contributed by atoms with Crippen LogP contribution in [0.5, 0.6) is 5.75 Å². The zero-order valence-corrected chi connectivity index (χ0v) is 18.8. The Labute approximate surface area is 190 Å². The van der Waals surface area contributed by atoms with Crippen LogP contribution >= 0.6 is 0 Å². The Kier molecular flexibility index (Phi) is 7.59. The molecule has 0 unspecified atom stereocenters. The molecule has 0 saturated carbocycles. The van der Waals surface area contributed by atoms with Gasteiger partial charge >= 0.3 is 6.18 Å². The number of nitrogens with zero attached hydrogens (tertiary/aromatic N) is 4. The van der Waals surface area contributed by atoms with Gasteiger partial charge in [0.15, 0.2) is 0 Å². The minimum atomic E-state index is -4.44. The molecule has 7 nitrogen and oxygen atoms in total. The van der Waals surface area contributed by atoms with E-state index in [4.69, 9.17) is 9.57 Å². The molecule has 0 spiro atoms. The predicted molar refractivity (Wildman–Crippen MR) is 122 cm³/mol. The van der Waals surface area contributed by atoms with E-state index in [0.29, 0.717) is 5.70 Å². The van der Waals surface area contributed by atoms with Gasteiger partial charge in [-0.05, 0) is 49.7 Å². The number of benzene rings is 2. The van der Waals surface area contributed by atoms with Crippen LogP contribution in [0.25, 0.3) is 17.1 Å².